The first-order valence-electron chi connectivity index (χ1n) is 7.38. The van der Waals surface area contributed by atoms with E-state index >= 15 is 0 Å². The third kappa shape index (κ3) is 5.50. The van der Waals surface area contributed by atoms with Crippen molar-refractivity contribution in [3.05, 3.63) is 65.7 Å². The molecule has 2 rings (SSSR count). The Morgan fingerprint density at radius 2 is 1.68 bits per heavy atom. The highest BCUT2D eigenvalue weighted by atomic mass is 32.2. The van der Waals surface area contributed by atoms with E-state index in [1.54, 1.807) is 0 Å². The van der Waals surface area contributed by atoms with Gasteiger partial charge in [0.1, 0.15) is 0 Å². The minimum absolute atomic E-state index is 0.0446. The van der Waals surface area contributed by atoms with E-state index in [2.05, 4.69) is 27.8 Å². The number of rotatable bonds is 5. The first-order chi connectivity index (χ1) is 12.0. The van der Waals surface area contributed by atoms with E-state index in [0.29, 0.717) is 5.56 Å². The van der Waals surface area contributed by atoms with Gasteiger partial charge in [0.05, 0.1) is 18.0 Å². The van der Waals surface area contributed by atoms with Crippen LogP contribution in [0.5, 0.6) is 0 Å². The summed E-state index contributed by atoms with van der Waals surface area (Å²) in [4.78, 5) is 12.1. The predicted octanol–water partition coefficient (Wildman–Crippen LogP) is 1.38. The number of hydrogen-bond acceptors (Lipinski definition) is 3. The molecule has 0 fully saturated rings. The Morgan fingerprint density at radius 1 is 1.00 bits per heavy atom. The maximum absolute atomic E-state index is 12.0. The number of hydrogen-bond donors (Lipinski definition) is 2. The van der Waals surface area contributed by atoms with Crippen molar-refractivity contribution >= 4 is 15.9 Å². The van der Waals surface area contributed by atoms with Gasteiger partial charge < -0.3 is 5.32 Å². The molecular weight excluding hydrogens is 336 g/mol. The summed E-state index contributed by atoms with van der Waals surface area (Å²) in [5.41, 5.74) is 1.21. The summed E-state index contributed by atoms with van der Waals surface area (Å²) in [6.45, 7) is 0.0994. The molecular formula is C19H16N2O3S. The van der Waals surface area contributed by atoms with Crippen LogP contribution < -0.4 is 10.0 Å². The van der Waals surface area contributed by atoms with Crippen molar-refractivity contribution in [2.45, 2.75) is 4.90 Å². The Kier molecular flexibility index (Phi) is 6.36. The monoisotopic (exact) mass is 352 g/mol. The molecule has 0 atom stereocenters. The normalized spacial score (nSPS) is 10.2. The SMILES string of the molecule is C#CCNS(=O)(=O)c1ccc(C(=O)NCC#Cc2ccccc2)cc1. The first kappa shape index (κ1) is 18.3. The van der Waals surface area contributed by atoms with E-state index in [4.69, 9.17) is 6.42 Å². The van der Waals surface area contributed by atoms with Gasteiger partial charge in [0.25, 0.3) is 5.91 Å². The van der Waals surface area contributed by atoms with Crippen molar-refractivity contribution < 1.29 is 13.2 Å². The molecule has 5 nitrogen and oxygen atoms in total. The second-order valence-electron chi connectivity index (χ2n) is 4.90. The summed E-state index contributed by atoms with van der Waals surface area (Å²) in [6, 6.07) is 15.0. The fourth-order valence-corrected chi connectivity index (χ4v) is 2.83. The number of sulfonamides is 1. The average molecular weight is 352 g/mol. The van der Waals surface area contributed by atoms with Crippen LogP contribution in [-0.4, -0.2) is 27.4 Å². The van der Waals surface area contributed by atoms with Gasteiger partial charge >= 0.3 is 0 Å². The molecule has 0 heterocycles. The summed E-state index contributed by atoms with van der Waals surface area (Å²) in [5.74, 6) is 7.65. The molecule has 0 aliphatic heterocycles. The lowest BCUT2D eigenvalue weighted by Gasteiger charge is -2.05. The van der Waals surface area contributed by atoms with Crippen LogP contribution in [0.2, 0.25) is 0 Å². The van der Waals surface area contributed by atoms with Crippen molar-refractivity contribution in [2.24, 2.45) is 0 Å². The highest BCUT2D eigenvalue weighted by Crippen LogP contribution is 2.10. The van der Waals surface area contributed by atoms with Crippen LogP contribution in [0.15, 0.2) is 59.5 Å². The summed E-state index contributed by atoms with van der Waals surface area (Å²) < 4.78 is 26.0. The van der Waals surface area contributed by atoms with E-state index in [1.165, 1.54) is 24.3 Å². The van der Waals surface area contributed by atoms with Crippen LogP contribution in [0.4, 0.5) is 0 Å². The third-order valence-electron chi connectivity index (χ3n) is 3.13. The number of nitrogens with one attached hydrogen (secondary N) is 2. The largest absolute Gasteiger partial charge is 0.341 e. The second kappa shape index (κ2) is 8.70. The Hall–Kier alpha value is -3.06. The zero-order valence-corrected chi connectivity index (χ0v) is 14.1. The second-order valence-corrected chi connectivity index (χ2v) is 6.67. The third-order valence-corrected chi connectivity index (χ3v) is 4.55. The molecule has 0 spiro atoms. The standard InChI is InChI=1S/C19H16N2O3S/c1-2-14-21-25(23,24)18-12-10-17(11-13-18)19(22)20-15-6-9-16-7-4-3-5-8-16/h1,3-5,7-8,10-13,21H,14-15H2,(H,20,22). The van der Waals surface area contributed by atoms with Gasteiger partial charge in [-0.2, -0.15) is 4.72 Å². The molecule has 0 bridgehead atoms. The maximum Gasteiger partial charge on any atom is 0.252 e. The van der Waals surface area contributed by atoms with Crippen LogP contribution in [0.25, 0.3) is 0 Å². The molecule has 2 aromatic rings. The molecule has 0 radical (unpaired) electrons. The molecule has 0 saturated heterocycles. The Bertz CT molecular complexity index is 932. The lowest BCUT2D eigenvalue weighted by molar-refractivity contribution is 0.0958. The highest BCUT2D eigenvalue weighted by molar-refractivity contribution is 7.89. The van der Waals surface area contributed by atoms with Gasteiger partial charge in [0.15, 0.2) is 0 Å². The van der Waals surface area contributed by atoms with Gasteiger partial charge in [-0.3, -0.25) is 4.79 Å². The Labute approximate surface area is 147 Å². The first-order valence-corrected chi connectivity index (χ1v) is 8.86. The summed E-state index contributed by atoms with van der Waals surface area (Å²) in [7, 11) is -3.66. The molecule has 2 aromatic carbocycles. The molecule has 0 unspecified atom stereocenters. The van der Waals surface area contributed by atoms with Crippen LogP contribution in [-0.2, 0) is 10.0 Å². The minimum atomic E-state index is -3.66. The van der Waals surface area contributed by atoms with E-state index < -0.39 is 10.0 Å². The summed E-state index contributed by atoms with van der Waals surface area (Å²) in [6.07, 6.45) is 5.03. The van der Waals surface area contributed by atoms with Gasteiger partial charge in [0.2, 0.25) is 10.0 Å². The summed E-state index contributed by atoms with van der Waals surface area (Å²) in [5, 5.41) is 2.66. The van der Waals surface area contributed by atoms with Crippen LogP contribution in [0.3, 0.4) is 0 Å². The van der Waals surface area contributed by atoms with E-state index in [-0.39, 0.29) is 23.9 Å². The molecule has 0 saturated carbocycles. The van der Waals surface area contributed by atoms with Crippen LogP contribution in [0.1, 0.15) is 15.9 Å². The van der Waals surface area contributed by atoms with Gasteiger partial charge in [-0.15, -0.1) is 6.42 Å². The smallest absolute Gasteiger partial charge is 0.252 e. The molecule has 25 heavy (non-hydrogen) atoms. The maximum atomic E-state index is 12.0. The highest BCUT2D eigenvalue weighted by Gasteiger charge is 2.13. The van der Waals surface area contributed by atoms with Crippen molar-refractivity contribution in [1.29, 1.82) is 0 Å². The quantitative estimate of drug-likeness (QED) is 0.799. The van der Waals surface area contributed by atoms with Gasteiger partial charge in [-0.05, 0) is 36.4 Å². The number of amides is 1. The number of benzene rings is 2. The zero-order chi connectivity index (χ0) is 18.1. The van der Waals surface area contributed by atoms with Crippen molar-refractivity contribution in [2.75, 3.05) is 13.1 Å². The van der Waals surface area contributed by atoms with E-state index in [9.17, 15) is 13.2 Å². The van der Waals surface area contributed by atoms with Crippen LogP contribution >= 0.6 is 0 Å². The fourth-order valence-electron chi connectivity index (χ4n) is 1.90. The molecule has 6 heteroatoms. The zero-order valence-electron chi connectivity index (χ0n) is 13.3. The van der Waals surface area contributed by atoms with Crippen molar-refractivity contribution in [3.63, 3.8) is 0 Å². The number of carbonyl (C=O) groups excluding carboxylic acids is 1. The molecule has 2 N–H and O–H groups in total. The van der Waals surface area contributed by atoms with Crippen molar-refractivity contribution in [1.82, 2.24) is 10.0 Å². The average Bonchev–Trinajstić information content (AvgIpc) is 2.64. The lowest BCUT2D eigenvalue weighted by Crippen LogP contribution is -2.25. The number of carbonyl (C=O) groups is 1. The van der Waals surface area contributed by atoms with Gasteiger partial charge in [0, 0.05) is 11.1 Å². The molecule has 126 valence electrons. The van der Waals surface area contributed by atoms with Gasteiger partial charge in [-0.1, -0.05) is 36.0 Å². The number of terminal acetylenes is 1. The topological polar surface area (TPSA) is 75.3 Å². The minimum Gasteiger partial charge on any atom is -0.341 e. The predicted molar refractivity (Wildman–Crippen MR) is 96.1 cm³/mol. The van der Waals surface area contributed by atoms with Gasteiger partial charge in [-0.25, -0.2) is 8.42 Å². The Morgan fingerprint density at radius 3 is 2.32 bits per heavy atom. The fraction of sp³-hybridized carbons (Fsp3) is 0.105. The van der Waals surface area contributed by atoms with Crippen LogP contribution in [0, 0.1) is 24.2 Å². The molecule has 1 amide bonds. The molecule has 0 aromatic heterocycles. The van der Waals surface area contributed by atoms with Crippen molar-refractivity contribution in [3.8, 4) is 24.2 Å². The summed E-state index contributed by atoms with van der Waals surface area (Å²) >= 11 is 0. The lowest BCUT2D eigenvalue weighted by atomic mass is 10.2. The van der Waals surface area contributed by atoms with E-state index in [0.717, 1.165) is 5.56 Å². The molecule has 0 aliphatic rings. The molecule has 0 aliphatic carbocycles. The Balaban J connectivity index is 1.95. The van der Waals surface area contributed by atoms with E-state index in [1.807, 2.05) is 30.3 Å².